The van der Waals surface area contributed by atoms with Crippen molar-refractivity contribution in [2.24, 2.45) is 4.99 Å². The summed E-state index contributed by atoms with van der Waals surface area (Å²) in [6.45, 7) is 3.62. The lowest BCUT2D eigenvalue weighted by atomic mass is 10.1. The van der Waals surface area contributed by atoms with Crippen molar-refractivity contribution >= 4 is 17.4 Å². The van der Waals surface area contributed by atoms with E-state index in [-0.39, 0.29) is 5.91 Å². The molecule has 1 amide bonds. The van der Waals surface area contributed by atoms with E-state index >= 15 is 0 Å². The van der Waals surface area contributed by atoms with Gasteiger partial charge in [-0.25, -0.2) is 0 Å². The summed E-state index contributed by atoms with van der Waals surface area (Å²) in [5.74, 6) is 2.26. The molecule has 6 heteroatoms. The SMILES string of the molecule is Cc1cccc(NC(=O)CCc2ccc(Oc3ccnc(C4=NCCN4)c3)cc2)c1. The average Bonchev–Trinajstić information content (AvgIpc) is 3.29. The molecule has 152 valence electrons. The highest BCUT2D eigenvalue weighted by molar-refractivity contribution is 5.98. The van der Waals surface area contributed by atoms with Crippen molar-refractivity contribution in [1.82, 2.24) is 10.3 Å². The molecule has 1 aliphatic rings. The number of pyridine rings is 1. The van der Waals surface area contributed by atoms with Gasteiger partial charge in [-0.3, -0.25) is 14.8 Å². The van der Waals surface area contributed by atoms with Gasteiger partial charge in [-0.15, -0.1) is 0 Å². The van der Waals surface area contributed by atoms with Crippen molar-refractivity contribution in [3.8, 4) is 11.5 Å². The molecule has 2 heterocycles. The monoisotopic (exact) mass is 400 g/mol. The van der Waals surface area contributed by atoms with Crippen molar-refractivity contribution in [2.45, 2.75) is 19.8 Å². The molecule has 0 spiro atoms. The second-order valence-corrected chi connectivity index (χ2v) is 7.20. The molecule has 0 fully saturated rings. The van der Waals surface area contributed by atoms with Crippen LogP contribution in [0.1, 0.15) is 23.2 Å². The van der Waals surface area contributed by atoms with E-state index in [0.29, 0.717) is 18.6 Å². The molecule has 30 heavy (non-hydrogen) atoms. The first-order valence-corrected chi connectivity index (χ1v) is 10.0. The Bertz CT molecular complexity index is 1060. The molecule has 0 saturated heterocycles. The number of hydrogen-bond donors (Lipinski definition) is 2. The fraction of sp³-hybridized carbons (Fsp3) is 0.208. The van der Waals surface area contributed by atoms with Gasteiger partial charge in [-0.05, 0) is 54.8 Å². The molecule has 0 atom stereocenters. The Morgan fingerprint density at radius 2 is 1.97 bits per heavy atom. The van der Waals surface area contributed by atoms with Gasteiger partial charge in [0.05, 0.1) is 6.54 Å². The summed E-state index contributed by atoms with van der Waals surface area (Å²) in [6.07, 6.45) is 2.81. The standard InChI is InChI=1S/C24H24N4O2/c1-17-3-2-4-19(15-17)28-23(29)10-7-18-5-8-20(9-6-18)30-21-11-12-25-22(16-21)24-26-13-14-27-24/h2-6,8-9,11-12,15-16H,7,10,13-14H2,1H3,(H,26,27)(H,28,29). The molecule has 0 unspecified atom stereocenters. The van der Waals surface area contributed by atoms with Crippen LogP contribution in [0.25, 0.3) is 0 Å². The summed E-state index contributed by atoms with van der Waals surface area (Å²) in [5, 5.41) is 6.15. The number of aryl methyl sites for hydroxylation is 2. The van der Waals surface area contributed by atoms with Gasteiger partial charge in [-0.2, -0.15) is 0 Å². The van der Waals surface area contributed by atoms with Crippen LogP contribution in [-0.4, -0.2) is 29.8 Å². The summed E-state index contributed by atoms with van der Waals surface area (Å²) in [6, 6.07) is 19.3. The largest absolute Gasteiger partial charge is 0.457 e. The van der Waals surface area contributed by atoms with Gasteiger partial charge >= 0.3 is 0 Å². The van der Waals surface area contributed by atoms with Crippen LogP contribution in [0.3, 0.4) is 0 Å². The van der Waals surface area contributed by atoms with Gasteiger partial charge in [0.2, 0.25) is 5.91 Å². The molecule has 1 aliphatic heterocycles. The number of amides is 1. The number of aromatic nitrogens is 1. The van der Waals surface area contributed by atoms with Crippen molar-refractivity contribution in [2.75, 3.05) is 18.4 Å². The topological polar surface area (TPSA) is 75.6 Å². The lowest BCUT2D eigenvalue weighted by molar-refractivity contribution is -0.116. The zero-order valence-corrected chi connectivity index (χ0v) is 16.9. The first-order valence-electron chi connectivity index (χ1n) is 10.0. The van der Waals surface area contributed by atoms with E-state index in [9.17, 15) is 4.79 Å². The Kier molecular flexibility index (Phi) is 6.03. The predicted octanol–water partition coefficient (Wildman–Crippen LogP) is 4.10. The number of rotatable bonds is 7. The van der Waals surface area contributed by atoms with Gasteiger partial charge in [0, 0.05) is 30.9 Å². The number of anilines is 1. The molecular weight excluding hydrogens is 376 g/mol. The van der Waals surface area contributed by atoms with E-state index in [2.05, 4.69) is 20.6 Å². The van der Waals surface area contributed by atoms with E-state index in [4.69, 9.17) is 4.74 Å². The Morgan fingerprint density at radius 3 is 2.73 bits per heavy atom. The first-order chi connectivity index (χ1) is 14.7. The molecule has 1 aromatic heterocycles. The number of ether oxygens (including phenoxy) is 1. The van der Waals surface area contributed by atoms with Crippen LogP contribution in [0.15, 0.2) is 71.9 Å². The van der Waals surface area contributed by atoms with E-state index in [1.54, 1.807) is 6.20 Å². The third-order valence-electron chi connectivity index (χ3n) is 4.75. The maximum atomic E-state index is 12.2. The number of amidine groups is 1. The first kappa shape index (κ1) is 19.6. The highest BCUT2D eigenvalue weighted by Crippen LogP contribution is 2.22. The molecule has 2 N–H and O–H groups in total. The molecule has 3 aromatic rings. The van der Waals surface area contributed by atoms with Crippen LogP contribution < -0.4 is 15.4 Å². The minimum absolute atomic E-state index is 0.00804. The molecule has 2 aromatic carbocycles. The quantitative estimate of drug-likeness (QED) is 0.626. The van der Waals surface area contributed by atoms with Gasteiger partial charge in [0.25, 0.3) is 0 Å². The molecule has 0 aliphatic carbocycles. The van der Waals surface area contributed by atoms with Gasteiger partial charge < -0.3 is 15.4 Å². The van der Waals surface area contributed by atoms with Crippen molar-refractivity contribution in [3.05, 3.63) is 83.7 Å². The number of benzene rings is 2. The van der Waals surface area contributed by atoms with Crippen LogP contribution in [0.5, 0.6) is 11.5 Å². The molecule has 4 rings (SSSR count). The lowest BCUT2D eigenvalue weighted by Gasteiger charge is -2.09. The zero-order valence-electron chi connectivity index (χ0n) is 16.9. The minimum Gasteiger partial charge on any atom is -0.457 e. The van der Waals surface area contributed by atoms with Crippen LogP contribution in [-0.2, 0) is 11.2 Å². The van der Waals surface area contributed by atoms with Gasteiger partial charge in [0.15, 0.2) is 0 Å². The number of aliphatic imine (C=N–C) groups is 1. The fourth-order valence-electron chi connectivity index (χ4n) is 3.24. The highest BCUT2D eigenvalue weighted by Gasteiger charge is 2.10. The predicted molar refractivity (Wildman–Crippen MR) is 118 cm³/mol. The second kappa shape index (κ2) is 9.22. The summed E-state index contributed by atoms with van der Waals surface area (Å²) < 4.78 is 5.95. The minimum atomic E-state index is 0.00804. The fourth-order valence-corrected chi connectivity index (χ4v) is 3.24. The third kappa shape index (κ3) is 5.23. The van der Waals surface area contributed by atoms with Gasteiger partial charge in [0.1, 0.15) is 23.0 Å². The van der Waals surface area contributed by atoms with Crippen LogP contribution in [0.2, 0.25) is 0 Å². The van der Waals surface area contributed by atoms with E-state index in [0.717, 1.165) is 47.2 Å². The third-order valence-corrected chi connectivity index (χ3v) is 4.75. The Morgan fingerprint density at radius 1 is 1.10 bits per heavy atom. The van der Waals surface area contributed by atoms with Crippen LogP contribution in [0, 0.1) is 6.92 Å². The average molecular weight is 400 g/mol. The number of carbonyl (C=O) groups excluding carboxylic acids is 1. The van der Waals surface area contributed by atoms with E-state index in [1.807, 2.05) is 67.6 Å². The summed E-state index contributed by atoms with van der Waals surface area (Å²) in [5.41, 5.74) is 3.82. The molecular formula is C24H24N4O2. The molecule has 0 bridgehead atoms. The number of hydrogen-bond acceptors (Lipinski definition) is 5. The summed E-state index contributed by atoms with van der Waals surface area (Å²) >= 11 is 0. The second-order valence-electron chi connectivity index (χ2n) is 7.20. The Labute approximate surface area is 176 Å². The van der Waals surface area contributed by atoms with E-state index in [1.165, 1.54) is 0 Å². The Hall–Kier alpha value is -3.67. The Balaban J connectivity index is 1.31. The maximum absolute atomic E-state index is 12.2. The van der Waals surface area contributed by atoms with Gasteiger partial charge in [-0.1, -0.05) is 24.3 Å². The van der Waals surface area contributed by atoms with Crippen molar-refractivity contribution in [3.63, 3.8) is 0 Å². The number of nitrogens with one attached hydrogen (secondary N) is 2. The van der Waals surface area contributed by atoms with Crippen molar-refractivity contribution in [1.29, 1.82) is 0 Å². The van der Waals surface area contributed by atoms with Crippen molar-refractivity contribution < 1.29 is 9.53 Å². The summed E-state index contributed by atoms with van der Waals surface area (Å²) in [7, 11) is 0. The molecule has 0 saturated carbocycles. The van der Waals surface area contributed by atoms with E-state index < -0.39 is 0 Å². The number of nitrogens with zero attached hydrogens (tertiary/aromatic N) is 2. The highest BCUT2D eigenvalue weighted by atomic mass is 16.5. The molecule has 0 radical (unpaired) electrons. The van der Waals surface area contributed by atoms with Crippen LogP contribution in [0.4, 0.5) is 5.69 Å². The lowest BCUT2D eigenvalue weighted by Crippen LogP contribution is -2.20. The number of carbonyl (C=O) groups is 1. The zero-order chi connectivity index (χ0) is 20.8. The smallest absolute Gasteiger partial charge is 0.224 e. The van der Waals surface area contributed by atoms with Crippen LogP contribution >= 0.6 is 0 Å². The normalized spacial score (nSPS) is 12.8. The molecule has 6 nitrogen and oxygen atoms in total. The maximum Gasteiger partial charge on any atom is 0.224 e. The summed E-state index contributed by atoms with van der Waals surface area (Å²) in [4.78, 5) is 20.9.